The van der Waals surface area contributed by atoms with Crippen molar-refractivity contribution in [1.29, 1.82) is 0 Å². The SMILES string of the molecule is CC.Cc1cc(-c2cccs2)nn1C. The number of aryl methyl sites for hydroxylation is 2. The molecule has 0 saturated heterocycles. The highest BCUT2D eigenvalue weighted by Gasteiger charge is 2.03. The van der Waals surface area contributed by atoms with Crippen LogP contribution >= 0.6 is 11.3 Å². The first kappa shape index (κ1) is 11.0. The lowest BCUT2D eigenvalue weighted by atomic mass is 10.3. The number of rotatable bonds is 1. The van der Waals surface area contributed by atoms with Crippen LogP contribution in [0.3, 0.4) is 0 Å². The molecular weight excluding hydrogens is 192 g/mol. The van der Waals surface area contributed by atoms with E-state index >= 15 is 0 Å². The summed E-state index contributed by atoms with van der Waals surface area (Å²) in [6.07, 6.45) is 0. The van der Waals surface area contributed by atoms with Crippen LogP contribution in [0.1, 0.15) is 19.5 Å². The van der Waals surface area contributed by atoms with Gasteiger partial charge >= 0.3 is 0 Å². The van der Waals surface area contributed by atoms with Crippen LogP contribution in [0, 0.1) is 6.92 Å². The van der Waals surface area contributed by atoms with E-state index in [9.17, 15) is 0 Å². The summed E-state index contributed by atoms with van der Waals surface area (Å²) in [6, 6.07) is 6.24. The summed E-state index contributed by atoms with van der Waals surface area (Å²) in [5.41, 5.74) is 2.27. The molecule has 0 saturated carbocycles. The van der Waals surface area contributed by atoms with Crippen molar-refractivity contribution < 1.29 is 0 Å². The van der Waals surface area contributed by atoms with Gasteiger partial charge in [-0.1, -0.05) is 19.9 Å². The summed E-state index contributed by atoms with van der Waals surface area (Å²) in [5.74, 6) is 0. The van der Waals surface area contributed by atoms with Gasteiger partial charge in [0.15, 0.2) is 0 Å². The molecule has 14 heavy (non-hydrogen) atoms. The van der Waals surface area contributed by atoms with Gasteiger partial charge in [0, 0.05) is 12.7 Å². The highest BCUT2D eigenvalue weighted by Crippen LogP contribution is 2.23. The molecule has 2 aromatic rings. The number of aromatic nitrogens is 2. The number of thiophene rings is 1. The highest BCUT2D eigenvalue weighted by atomic mass is 32.1. The Bertz CT molecular complexity index is 354. The molecule has 2 rings (SSSR count). The maximum Gasteiger partial charge on any atom is 0.102 e. The van der Waals surface area contributed by atoms with Gasteiger partial charge in [-0.25, -0.2) is 0 Å². The molecule has 0 unspecified atom stereocenters. The average molecular weight is 208 g/mol. The lowest BCUT2D eigenvalue weighted by Crippen LogP contribution is -1.91. The lowest BCUT2D eigenvalue weighted by Gasteiger charge is -1.89. The maximum absolute atomic E-state index is 4.38. The molecule has 0 spiro atoms. The Morgan fingerprint density at radius 1 is 1.36 bits per heavy atom. The molecule has 0 atom stereocenters. The predicted molar refractivity (Wildman–Crippen MR) is 62.6 cm³/mol. The van der Waals surface area contributed by atoms with Crippen LogP contribution in [-0.4, -0.2) is 9.78 Å². The van der Waals surface area contributed by atoms with Gasteiger partial charge in [0.2, 0.25) is 0 Å². The molecule has 2 nitrogen and oxygen atoms in total. The van der Waals surface area contributed by atoms with Gasteiger partial charge < -0.3 is 0 Å². The summed E-state index contributed by atoms with van der Waals surface area (Å²) in [7, 11) is 1.96. The zero-order valence-corrected chi connectivity index (χ0v) is 9.93. The molecular formula is C11H16N2S. The summed E-state index contributed by atoms with van der Waals surface area (Å²) in [5, 5.41) is 6.45. The quantitative estimate of drug-likeness (QED) is 0.701. The Labute approximate surface area is 89.2 Å². The summed E-state index contributed by atoms with van der Waals surface area (Å²) >= 11 is 1.72. The van der Waals surface area contributed by atoms with Crippen LogP contribution in [-0.2, 0) is 7.05 Å². The van der Waals surface area contributed by atoms with Crippen molar-refractivity contribution in [3.8, 4) is 10.6 Å². The Morgan fingerprint density at radius 3 is 2.50 bits per heavy atom. The molecule has 76 valence electrons. The molecule has 3 heteroatoms. The molecule has 0 radical (unpaired) electrons. The van der Waals surface area contributed by atoms with Crippen LogP contribution in [0.15, 0.2) is 23.6 Å². The third-order valence-electron chi connectivity index (χ3n) is 1.89. The second kappa shape index (κ2) is 4.96. The molecule has 0 fully saturated rings. The molecule has 0 aromatic carbocycles. The topological polar surface area (TPSA) is 17.8 Å². The van der Waals surface area contributed by atoms with Crippen LogP contribution in [0.4, 0.5) is 0 Å². The second-order valence-electron chi connectivity index (χ2n) is 2.77. The first-order chi connectivity index (χ1) is 6.77. The van der Waals surface area contributed by atoms with Gasteiger partial charge in [0.1, 0.15) is 5.69 Å². The van der Waals surface area contributed by atoms with Crippen molar-refractivity contribution in [2.45, 2.75) is 20.8 Å². The standard InChI is InChI=1S/C9H10N2S.C2H6/c1-7-6-8(10-11(7)2)9-4-3-5-12-9;1-2/h3-6H,1-2H3;1-2H3. The van der Waals surface area contributed by atoms with E-state index in [1.807, 2.05) is 31.6 Å². The zero-order chi connectivity index (χ0) is 10.6. The minimum Gasteiger partial charge on any atom is -0.272 e. The Balaban J connectivity index is 0.000000461. The molecule has 0 bridgehead atoms. The first-order valence-electron chi connectivity index (χ1n) is 4.82. The summed E-state index contributed by atoms with van der Waals surface area (Å²) in [6.45, 7) is 6.06. The van der Waals surface area contributed by atoms with Crippen LogP contribution in [0.2, 0.25) is 0 Å². The molecule has 0 aliphatic heterocycles. The van der Waals surface area contributed by atoms with Crippen molar-refractivity contribution in [3.63, 3.8) is 0 Å². The third-order valence-corrected chi connectivity index (χ3v) is 2.78. The molecule has 0 aliphatic carbocycles. The van der Waals surface area contributed by atoms with Gasteiger partial charge in [-0.2, -0.15) is 5.10 Å². The van der Waals surface area contributed by atoms with E-state index in [1.165, 1.54) is 10.6 Å². The Kier molecular flexibility index (Phi) is 3.89. The fourth-order valence-corrected chi connectivity index (χ4v) is 1.79. The molecule has 0 amide bonds. The zero-order valence-electron chi connectivity index (χ0n) is 9.11. The van der Waals surface area contributed by atoms with Crippen molar-refractivity contribution in [3.05, 3.63) is 29.3 Å². The van der Waals surface area contributed by atoms with Crippen molar-refractivity contribution in [2.24, 2.45) is 7.05 Å². The normalized spacial score (nSPS) is 9.43. The fraction of sp³-hybridized carbons (Fsp3) is 0.364. The molecule has 2 aromatic heterocycles. The molecule has 2 heterocycles. The van der Waals surface area contributed by atoms with Gasteiger partial charge in [-0.15, -0.1) is 11.3 Å². The van der Waals surface area contributed by atoms with Crippen LogP contribution in [0.25, 0.3) is 10.6 Å². The first-order valence-corrected chi connectivity index (χ1v) is 5.70. The van der Waals surface area contributed by atoms with Gasteiger partial charge in [0.05, 0.1) is 4.88 Å². The Hall–Kier alpha value is -1.09. The average Bonchev–Trinajstić information content (AvgIpc) is 2.80. The lowest BCUT2D eigenvalue weighted by molar-refractivity contribution is 0.743. The van der Waals surface area contributed by atoms with E-state index in [2.05, 4.69) is 29.5 Å². The van der Waals surface area contributed by atoms with E-state index < -0.39 is 0 Å². The van der Waals surface area contributed by atoms with Crippen molar-refractivity contribution >= 4 is 11.3 Å². The maximum atomic E-state index is 4.38. The van der Waals surface area contributed by atoms with E-state index in [-0.39, 0.29) is 0 Å². The third kappa shape index (κ3) is 2.23. The molecule has 0 N–H and O–H groups in total. The fourth-order valence-electron chi connectivity index (χ4n) is 1.11. The largest absolute Gasteiger partial charge is 0.272 e. The predicted octanol–water partition coefficient (Wildman–Crippen LogP) is 3.48. The smallest absolute Gasteiger partial charge is 0.102 e. The van der Waals surface area contributed by atoms with E-state index in [4.69, 9.17) is 0 Å². The number of nitrogens with zero attached hydrogens (tertiary/aromatic N) is 2. The van der Waals surface area contributed by atoms with Crippen LogP contribution in [0.5, 0.6) is 0 Å². The minimum absolute atomic E-state index is 1.07. The Morgan fingerprint density at radius 2 is 2.07 bits per heavy atom. The summed E-state index contributed by atoms with van der Waals surface area (Å²) in [4.78, 5) is 1.23. The van der Waals surface area contributed by atoms with Crippen molar-refractivity contribution in [2.75, 3.05) is 0 Å². The molecule has 0 aliphatic rings. The van der Waals surface area contributed by atoms with E-state index in [0.717, 1.165) is 5.69 Å². The monoisotopic (exact) mass is 208 g/mol. The number of hydrogen-bond acceptors (Lipinski definition) is 2. The van der Waals surface area contributed by atoms with E-state index in [1.54, 1.807) is 11.3 Å². The highest BCUT2D eigenvalue weighted by molar-refractivity contribution is 7.13. The van der Waals surface area contributed by atoms with Crippen molar-refractivity contribution in [1.82, 2.24) is 9.78 Å². The number of hydrogen-bond donors (Lipinski definition) is 0. The van der Waals surface area contributed by atoms with Gasteiger partial charge in [-0.05, 0) is 24.4 Å². The minimum atomic E-state index is 1.07. The van der Waals surface area contributed by atoms with Gasteiger partial charge in [-0.3, -0.25) is 4.68 Å². The summed E-state index contributed by atoms with van der Waals surface area (Å²) < 4.78 is 1.90. The van der Waals surface area contributed by atoms with Gasteiger partial charge in [0.25, 0.3) is 0 Å². The van der Waals surface area contributed by atoms with Crippen LogP contribution < -0.4 is 0 Å². The van der Waals surface area contributed by atoms with E-state index in [0.29, 0.717) is 0 Å². The second-order valence-corrected chi connectivity index (χ2v) is 3.72.